The van der Waals surface area contributed by atoms with E-state index in [0.29, 0.717) is 13.2 Å². The Bertz CT molecular complexity index is 667. The fraction of sp³-hybridized carbons (Fsp3) is 0.381. The van der Waals surface area contributed by atoms with Gasteiger partial charge in [-0.15, -0.1) is 0 Å². The lowest BCUT2D eigenvalue weighted by atomic mass is 10.1. The van der Waals surface area contributed by atoms with E-state index in [0.717, 1.165) is 37.0 Å². The normalized spacial score (nSPS) is 11.3. The molecular formula is C21H29N3O2. The van der Waals surface area contributed by atoms with E-state index in [9.17, 15) is 0 Å². The minimum absolute atomic E-state index is 0.618. The minimum atomic E-state index is 0.618. The van der Waals surface area contributed by atoms with Crippen molar-refractivity contribution in [2.75, 3.05) is 20.3 Å². The van der Waals surface area contributed by atoms with Crippen molar-refractivity contribution in [3.8, 4) is 5.75 Å². The van der Waals surface area contributed by atoms with E-state index in [-0.39, 0.29) is 0 Å². The summed E-state index contributed by atoms with van der Waals surface area (Å²) in [6, 6.07) is 16.4. The predicted octanol–water partition coefficient (Wildman–Crippen LogP) is 3.49. The number of hydrogen-bond acceptors (Lipinski definition) is 3. The second-order valence-electron chi connectivity index (χ2n) is 5.85. The van der Waals surface area contributed by atoms with Crippen molar-refractivity contribution in [3.63, 3.8) is 0 Å². The van der Waals surface area contributed by atoms with Gasteiger partial charge in [0.15, 0.2) is 5.96 Å². The van der Waals surface area contributed by atoms with E-state index >= 15 is 0 Å². The van der Waals surface area contributed by atoms with Crippen LogP contribution in [0.5, 0.6) is 5.75 Å². The van der Waals surface area contributed by atoms with Gasteiger partial charge in [-0.05, 0) is 42.7 Å². The Labute approximate surface area is 156 Å². The van der Waals surface area contributed by atoms with Crippen molar-refractivity contribution in [2.24, 2.45) is 4.99 Å². The first-order valence-corrected chi connectivity index (χ1v) is 9.05. The number of ether oxygens (including phenoxy) is 2. The van der Waals surface area contributed by atoms with Gasteiger partial charge in [-0.25, -0.2) is 4.99 Å². The molecule has 0 amide bonds. The average Bonchev–Trinajstić information content (AvgIpc) is 2.69. The summed E-state index contributed by atoms with van der Waals surface area (Å²) >= 11 is 0. The summed E-state index contributed by atoms with van der Waals surface area (Å²) in [4.78, 5) is 4.65. The van der Waals surface area contributed by atoms with E-state index in [1.807, 2.05) is 31.2 Å². The number of hydrogen-bond donors (Lipinski definition) is 2. The Kier molecular flexibility index (Phi) is 8.49. The van der Waals surface area contributed by atoms with Crippen LogP contribution >= 0.6 is 0 Å². The number of benzene rings is 2. The van der Waals surface area contributed by atoms with Crippen molar-refractivity contribution in [3.05, 3.63) is 65.2 Å². The molecule has 0 aliphatic heterocycles. The number of nitrogens with one attached hydrogen (secondary N) is 2. The van der Waals surface area contributed by atoms with E-state index in [2.05, 4.69) is 46.8 Å². The summed E-state index contributed by atoms with van der Waals surface area (Å²) in [6.07, 6.45) is 0. The molecule has 2 aromatic rings. The Hall–Kier alpha value is -2.53. The molecule has 0 saturated carbocycles. The van der Waals surface area contributed by atoms with Crippen molar-refractivity contribution in [1.82, 2.24) is 10.6 Å². The fourth-order valence-electron chi connectivity index (χ4n) is 2.40. The quantitative estimate of drug-likeness (QED) is 0.534. The molecule has 0 saturated heterocycles. The van der Waals surface area contributed by atoms with Crippen molar-refractivity contribution in [1.29, 1.82) is 0 Å². The number of rotatable bonds is 9. The van der Waals surface area contributed by atoms with E-state index in [1.54, 1.807) is 7.11 Å². The Morgan fingerprint density at radius 3 is 2.15 bits per heavy atom. The maximum absolute atomic E-state index is 5.43. The molecule has 0 aliphatic rings. The zero-order valence-corrected chi connectivity index (χ0v) is 15.9. The minimum Gasteiger partial charge on any atom is -0.497 e. The average molecular weight is 355 g/mol. The number of guanidine groups is 1. The van der Waals surface area contributed by atoms with Gasteiger partial charge in [0.2, 0.25) is 0 Å². The lowest BCUT2D eigenvalue weighted by molar-refractivity contribution is 0.134. The smallest absolute Gasteiger partial charge is 0.191 e. The van der Waals surface area contributed by atoms with E-state index < -0.39 is 0 Å². The summed E-state index contributed by atoms with van der Waals surface area (Å²) < 4.78 is 10.6. The monoisotopic (exact) mass is 355 g/mol. The van der Waals surface area contributed by atoms with Gasteiger partial charge in [-0.3, -0.25) is 0 Å². The van der Waals surface area contributed by atoms with Gasteiger partial charge >= 0.3 is 0 Å². The topological polar surface area (TPSA) is 54.9 Å². The zero-order chi connectivity index (χ0) is 18.6. The molecule has 0 atom stereocenters. The summed E-state index contributed by atoms with van der Waals surface area (Å²) in [5.41, 5.74) is 3.54. The Balaban J connectivity index is 1.89. The molecule has 2 aromatic carbocycles. The molecule has 0 fully saturated rings. The largest absolute Gasteiger partial charge is 0.497 e. The lowest BCUT2D eigenvalue weighted by Gasteiger charge is -2.12. The van der Waals surface area contributed by atoms with Gasteiger partial charge in [0, 0.05) is 19.7 Å². The van der Waals surface area contributed by atoms with E-state index in [1.165, 1.54) is 11.1 Å². The van der Waals surface area contributed by atoms with Gasteiger partial charge < -0.3 is 20.1 Å². The van der Waals surface area contributed by atoms with Crippen LogP contribution in [0.2, 0.25) is 0 Å². The Morgan fingerprint density at radius 2 is 1.54 bits per heavy atom. The highest BCUT2D eigenvalue weighted by atomic mass is 16.5. The third-order valence-corrected chi connectivity index (χ3v) is 3.88. The standard InChI is InChI=1S/C21H29N3O2/c1-4-22-21(24-15-18-10-12-20(25-3)13-11-18)23-14-17-6-8-19(9-7-17)16-26-5-2/h6-13H,4-5,14-16H2,1-3H3,(H2,22,23,24). The van der Waals surface area contributed by atoms with Crippen LogP contribution in [0.4, 0.5) is 0 Å². The zero-order valence-electron chi connectivity index (χ0n) is 15.9. The fourth-order valence-corrected chi connectivity index (χ4v) is 2.40. The molecule has 0 radical (unpaired) electrons. The van der Waals surface area contributed by atoms with E-state index in [4.69, 9.17) is 9.47 Å². The van der Waals surface area contributed by atoms with Crippen LogP contribution in [-0.4, -0.2) is 26.2 Å². The summed E-state index contributed by atoms with van der Waals surface area (Å²) in [5.74, 6) is 1.66. The highest BCUT2D eigenvalue weighted by Gasteiger charge is 2.00. The SMILES string of the molecule is CCNC(=NCc1ccc(OC)cc1)NCc1ccc(COCC)cc1. The van der Waals surface area contributed by atoms with Crippen LogP contribution in [0, 0.1) is 0 Å². The van der Waals surface area contributed by atoms with Crippen LogP contribution in [0.1, 0.15) is 30.5 Å². The predicted molar refractivity (Wildman–Crippen MR) is 106 cm³/mol. The van der Waals surface area contributed by atoms with Crippen LogP contribution in [0.15, 0.2) is 53.5 Å². The molecule has 0 aliphatic carbocycles. The molecule has 0 heterocycles. The molecule has 0 aromatic heterocycles. The maximum Gasteiger partial charge on any atom is 0.191 e. The number of aliphatic imine (C=N–C) groups is 1. The van der Waals surface area contributed by atoms with Crippen LogP contribution in [0.25, 0.3) is 0 Å². The van der Waals surface area contributed by atoms with Crippen LogP contribution in [-0.2, 0) is 24.4 Å². The van der Waals surface area contributed by atoms with Crippen molar-refractivity contribution >= 4 is 5.96 Å². The first-order chi connectivity index (χ1) is 12.7. The number of methoxy groups -OCH3 is 1. The Morgan fingerprint density at radius 1 is 0.885 bits per heavy atom. The van der Waals surface area contributed by atoms with Gasteiger partial charge in [-0.1, -0.05) is 36.4 Å². The van der Waals surface area contributed by atoms with Gasteiger partial charge in [-0.2, -0.15) is 0 Å². The molecular weight excluding hydrogens is 326 g/mol. The van der Waals surface area contributed by atoms with Crippen molar-refractivity contribution in [2.45, 2.75) is 33.5 Å². The lowest BCUT2D eigenvalue weighted by Crippen LogP contribution is -2.36. The van der Waals surface area contributed by atoms with Crippen molar-refractivity contribution < 1.29 is 9.47 Å². The molecule has 0 bridgehead atoms. The van der Waals surface area contributed by atoms with Crippen LogP contribution in [0.3, 0.4) is 0 Å². The maximum atomic E-state index is 5.43. The molecule has 5 heteroatoms. The first kappa shape index (κ1) is 19.8. The molecule has 26 heavy (non-hydrogen) atoms. The second-order valence-corrected chi connectivity index (χ2v) is 5.85. The molecule has 140 valence electrons. The summed E-state index contributed by atoms with van der Waals surface area (Å²) in [6.45, 7) is 7.63. The molecule has 2 rings (SSSR count). The number of nitrogens with zero attached hydrogens (tertiary/aromatic N) is 1. The third kappa shape index (κ3) is 6.76. The summed E-state index contributed by atoms with van der Waals surface area (Å²) in [5, 5.41) is 6.65. The highest BCUT2D eigenvalue weighted by Crippen LogP contribution is 2.12. The third-order valence-electron chi connectivity index (χ3n) is 3.88. The first-order valence-electron chi connectivity index (χ1n) is 9.05. The van der Waals surface area contributed by atoms with Gasteiger partial charge in [0.25, 0.3) is 0 Å². The molecule has 2 N–H and O–H groups in total. The van der Waals surface area contributed by atoms with Crippen LogP contribution < -0.4 is 15.4 Å². The van der Waals surface area contributed by atoms with Gasteiger partial charge in [0.1, 0.15) is 5.75 Å². The van der Waals surface area contributed by atoms with Gasteiger partial charge in [0.05, 0.1) is 20.3 Å². The molecule has 5 nitrogen and oxygen atoms in total. The second kappa shape index (κ2) is 11.2. The molecule has 0 spiro atoms. The molecule has 0 unspecified atom stereocenters. The summed E-state index contributed by atoms with van der Waals surface area (Å²) in [7, 11) is 1.67. The highest BCUT2D eigenvalue weighted by molar-refractivity contribution is 5.79.